The van der Waals surface area contributed by atoms with Gasteiger partial charge in [0.25, 0.3) is 0 Å². The molecule has 0 aliphatic carbocycles. The maximum Gasteiger partial charge on any atom is 0.309 e. The third-order valence-electron chi connectivity index (χ3n) is 9.87. The molecule has 0 aromatic carbocycles. The minimum atomic E-state index is -0.852. The minimum absolute atomic E-state index is 0.114. The lowest BCUT2D eigenvalue weighted by atomic mass is 10.1. The zero-order valence-electron chi connectivity index (χ0n) is 41.2. The van der Waals surface area contributed by atoms with Gasteiger partial charge in [0.15, 0.2) is 6.10 Å². The Morgan fingerprint density at radius 2 is 0.646 bits per heavy atom. The number of carbonyl (C=O) groups is 3. The van der Waals surface area contributed by atoms with Crippen LogP contribution in [0.1, 0.15) is 188 Å². The van der Waals surface area contributed by atoms with Gasteiger partial charge in [-0.25, -0.2) is 0 Å². The van der Waals surface area contributed by atoms with E-state index in [0.717, 1.165) is 103 Å². The number of hydrogen-bond donors (Lipinski definition) is 0. The first-order valence-electron chi connectivity index (χ1n) is 25.3. The molecular formula is C59H90O6. The van der Waals surface area contributed by atoms with Gasteiger partial charge in [-0.2, -0.15) is 0 Å². The molecule has 1 atom stereocenters. The van der Waals surface area contributed by atoms with E-state index in [4.69, 9.17) is 14.2 Å². The van der Waals surface area contributed by atoms with Gasteiger partial charge in [-0.1, -0.05) is 212 Å². The fourth-order valence-corrected chi connectivity index (χ4v) is 6.19. The lowest BCUT2D eigenvalue weighted by Crippen LogP contribution is -2.30. The first-order valence-corrected chi connectivity index (χ1v) is 25.3. The van der Waals surface area contributed by atoms with E-state index in [1.54, 1.807) is 6.08 Å². The average molecular weight is 895 g/mol. The molecule has 0 rings (SSSR count). The Balaban J connectivity index is 4.51. The number of carbonyl (C=O) groups excluding carboxylic acids is 3. The van der Waals surface area contributed by atoms with Crippen LogP contribution in [0.15, 0.2) is 146 Å². The molecule has 6 heteroatoms. The predicted octanol–water partition coefficient (Wildman–Crippen LogP) is 16.9. The zero-order chi connectivity index (χ0) is 47.2. The number of hydrogen-bond acceptors (Lipinski definition) is 6. The van der Waals surface area contributed by atoms with Gasteiger partial charge in [-0.15, -0.1) is 0 Å². The monoisotopic (exact) mass is 895 g/mol. The van der Waals surface area contributed by atoms with Gasteiger partial charge < -0.3 is 14.2 Å². The van der Waals surface area contributed by atoms with Gasteiger partial charge in [0.2, 0.25) is 0 Å². The van der Waals surface area contributed by atoms with E-state index < -0.39 is 12.1 Å². The van der Waals surface area contributed by atoms with Crippen LogP contribution in [0, 0.1) is 0 Å². The van der Waals surface area contributed by atoms with Crippen LogP contribution in [0.25, 0.3) is 0 Å². The standard InChI is InChI=1S/C59H90O6/c1-4-7-10-13-16-19-21-23-25-27-29-31-33-35-37-40-43-46-49-52-58(61)64-55-56(54-63-57(60)51-48-45-42-39-18-15-12-9-6-3)65-59(62)53-50-47-44-41-38-36-34-32-30-28-26-24-22-20-17-14-11-8-5-2/h7-12,16-20,23-26,29,31,35,37,39,43,45-46,48,56H,4-6,13-15,21-22,27-28,30,32-34,36,38,40-42,44,47,49-55H2,1-3H3/b10-7-,11-8-,12-9-,19-16-,20-17-,25-23-,26-24-,31-29-,37-35-,39-18-,46-43-,48-45-. The molecule has 0 aliphatic rings. The molecule has 0 bridgehead atoms. The highest BCUT2D eigenvalue weighted by Gasteiger charge is 2.19. The van der Waals surface area contributed by atoms with Crippen molar-refractivity contribution in [1.82, 2.24) is 0 Å². The Hall–Kier alpha value is -4.71. The van der Waals surface area contributed by atoms with Crippen LogP contribution in [0.4, 0.5) is 0 Å². The highest BCUT2D eigenvalue weighted by Crippen LogP contribution is 2.13. The molecule has 0 fully saturated rings. The van der Waals surface area contributed by atoms with E-state index in [0.29, 0.717) is 6.42 Å². The second-order valence-electron chi connectivity index (χ2n) is 15.9. The lowest BCUT2D eigenvalue weighted by Gasteiger charge is -2.18. The summed E-state index contributed by atoms with van der Waals surface area (Å²) in [6.45, 7) is 6.10. The van der Waals surface area contributed by atoms with Gasteiger partial charge in [0, 0.05) is 12.8 Å². The Morgan fingerprint density at radius 3 is 1.06 bits per heavy atom. The van der Waals surface area contributed by atoms with Crippen molar-refractivity contribution >= 4 is 17.9 Å². The predicted molar refractivity (Wildman–Crippen MR) is 279 cm³/mol. The van der Waals surface area contributed by atoms with Crippen LogP contribution in [0.2, 0.25) is 0 Å². The van der Waals surface area contributed by atoms with Crippen LogP contribution in [0.3, 0.4) is 0 Å². The average Bonchev–Trinajstić information content (AvgIpc) is 3.30. The first kappa shape index (κ1) is 60.3. The summed E-state index contributed by atoms with van der Waals surface area (Å²) in [5, 5.41) is 0. The second kappa shape index (κ2) is 51.9. The van der Waals surface area contributed by atoms with E-state index in [2.05, 4.69) is 142 Å². The Kier molecular flexibility index (Phi) is 48.2. The first-order chi connectivity index (χ1) is 32.0. The summed E-state index contributed by atoms with van der Waals surface area (Å²) in [6, 6.07) is 0. The summed E-state index contributed by atoms with van der Waals surface area (Å²) in [7, 11) is 0. The van der Waals surface area contributed by atoms with E-state index in [-0.39, 0.29) is 44.4 Å². The molecular weight excluding hydrogens is 805 g/mol. The molecule has 0 spiro atoms. The van der Waals surface area contributed by atoms with Gasteiger partial charge >= 0.3 is 17.9 Å². The van der Waals surface area contributed by atoms with Crippen LogP contribution >= 0.6 is 0 Å². The molecule has 0 N–H and O–H groups in total. The van der Waals surface area contributed by atoms with Crippen LogP contribution < -0.4 is 0 Å². The molecule has 0 heterocycles. The van der Waals surface area contributed by atoms with Crippen molar-refractivity contribution in [3.8, 4) is 0 Å². The van der Waals surface area contributed by atoms with Crippen LogP contribution in [-0.2, 0) is 28.6 Å². The molecule has 0 saturated carbocycles. The van der Waals surface area contributed by atoms with Crippen LogP contribution in [0.5, 0.6) is 0 Å². The number of esters is 3. The fraction of sp³-hybridized carbons (Fsp3) is 0.542. The van der Waals surface area contributed by atoms with Crippen molar-refractivity contribution in [3.05, 3.63) is 146 Å². The molecule has 362 valence electrons. The summed E-state index contributed by atoms with van der Waals surface area (Å²) >= 11 is 0. The van der Waals surface area contributed by atoms with Crippen LogP contribution in [-0.4, -0.2) is 37.2 Å². The van der Waals surface area contributed by atoms with Crippen molar-refractivity contribution in [2.75, 3.05) is 13.2 Å². The Morgan fingerprint density at radius 1 is 0.323 bits per heavy atom. The van der Waals surface area contributed by atoms with Crippen molar-refractivity contribution in [3.63, 3.8) is 0 Å². The summed E-state index contributed by atoms with van der Waals surface area (Å²) in [4.78, 5) is 37.8. The minimum Gasteiger partial charge on any atom is -0.462 e. The lowest BCUT2D eigenvalue weighted by molar-refractivity contribution is -0.166. The Labute approximate surface area is 397 Å². The molecule has 0 aromatic heterocycles. The molecule has 65 heavy (non-hydrogen) atoms. The molecule has 0 radical (unpaired) electrons. The van der Waals surface area contributed by atoms with Gasteiger partial charge in [-0.3, -0.25) is 14.4 Å². The molecule has 0 saturated heterocycles. The van der Waals surface area contributed by atoms with E-state index in [1.165, 1.54) is 38.5 Å². The summed E-state index contributed by atoms with van der Waals surface area (Å²) < 4.78 is 16.6. The van der Waals surface area contributed by atoms with Gasteiger partial charge in [0.05, 0.1) is 6.42 Å². The molecule has 0 aliphatic heterocycles. The number of rotatable bonds is 43. The summed E-state index contributed by atoms with van der Waals surface area (Å²) in [5.74, 6) is -1.17. The number of allylic oxidation sites excluding steroid dienone is 23. The number of unbranched alkanes of at least 4 members (excludes halogenated alkanes) is 9. The quantitative estimate of drug-likeness (QED) is 0.0263. The molecule has 0 amide bonds. The normalized spacial score (nSPS) is 13.3. The van der Waals surface area contributed by atoms with Crippen molar-refractivity contribution < 1.29 is 28.6 Å². The smallest absolute Gasteiger partial charge is 0.309 e. The number of ether oxygens (including phenoxy) is 3. The fourth-order valence-electron chi connectivity index (χ4n) is 6.19. The van der Waals surface area contributed by atoms with Gasteiger partial charge in [0.1, 0.15) is 13.2 Å². The third-order valence-corrected chi connectivity index (χ3v) is 9.87. The van der Waals surface area contributed by atoms with E-state index in [1.807, 2.05) is 18.2 Å². The van der Waals surface area contributed by atoms with Crippen molar-refractivity contribution in [2.24, 2.45) is 0 Å². The molecule has 0 aromatic rings. The maximum atomic E-state index is 12.8. The van der Waals surface area contributed by atoms with Crippen molar-refractivity contribution in [1.29, 1.82) is 0 Å². The van der Waals surface area contributed by atoms with E-state index >= 15 is 0 Å². The van der Waals surface area contributed by atoms with Crippen molar-refractivity contribution in [2.45, 2.75) is 194 Å². The zero-order valence-corrected chi connectivity index (χ0v) is 41.2. The van der Waals surface area contributed by atoms with Gasteiger partial charge in [-0.05, 0) is 103 Å². The van der Waals surface area contributed by atoms with E-state index in [9.17, 15) is 14.4 Å². The highest BCUT2D eigenvalue weighted by atomic mass is 16.6. The largest absolute Gasteiger partial charge is 0.462 e. The third kappa shape index (κ3) is 50.2. The summed E-state index contributed by atoms with van der Waals surface area (Å²) in [5.41, 5.74) is 0. The molecule has 6 nitrogen and oxygen atoms in total. The SMILES string of the molecule is CC/C=C\C/C=C\C/C=C\C/C=C\C/C=C\C/C=C\CCC(=O)OCC(COC(=O)C/C=C\C/C=C\C/C=C\CC)OC(=O)CCCCCCCCCCC/C=C\C/C=C\C/C=C\CC. The maximum absolute atomic E-state index is 12.8. The highest BCUT2D eigenvalue weighted by molar-refractivity contribution is 5.72. The summed E-state index contributed by atoms with van der Waals surface area (Å²) in [6.07, 6.45) is 74.5. The topological polar surface area (TPSA) is 78.9 Å². The molecule has 1 unspecified atom stereocenters. The second-order valence-corrected chi connectivity index (χ2v) is 15.9. The Bertz CT molecular complexity index is 1490.